The number of rotatable bonds is 4. The first-order valence-electron chi connectivity index (χ1n) is 6.51. The Kier molecular flexibility index (Phi) is 4.77. The van der Waals surface area contributed by atoms with Crippen LogP contribution in [-0.2, 0) is 14.6 Å². The summed E-state index contributed by atoms with van der Waals surface area (Å²) in [6.07, 6.45) is 0.175. The molecule has 8 heteroatoms. The Labute approximate surface area is 122 Å². The molecule has 2 atom stereocenters. The fourth-order valence-corrected chi connectivity index (χ4v) is 4.40. The summed E-state index contributed by atoms with van der Waals surface area (Å²) < 4.78 is 23.0. The molecule has 1 aromatic heterocycles. The summed E-state index contributed by atoms with van der Waals surface area (Å²) in [7, 11) is -3.01. The fraction of sp³-hybridized carbons (Fsp3) is 0.667. The minimum atomic E-state index is -3.01. The third-order valence-corrected chi connectivity index (χ3v) is 6.00. The SMILES string of the molecule is Cc1csc(C(C)NC(=O)CC2CS(=O)(=O)CCN2)n1. The molecule has 2 unspecified atom stereocenters. The van der Waals surface area contributed by atoms with Gasteiger partial charge in [-0.2, -0.15) is 0 Å². The summed E-state index contributed by atoms with van der Waals surface area (Å²) in [6, 6.07) is -0.444. The lowest BCUT2D eigenvalue weighted by atomic mass is 10.2. The zero-order valence-corrected chi connectivity index (χ0v) is 13.2. The molecule has 1 saturated heterocycles. The number of sulfone groups is 1. The summed E-state index contributed by atoms with van der Waals surface area (Å²) in [5.74, 6) is 0.0328. The van der Waals surface area contributed by atoms with E-state index in [-0.39, 0.29) is 35.9 Å². The van der Waals surface area contributed by atoms with Crippen LogP contribution in [0.25, 0.3) is 0 Å². The van der Waals surface area contributed by atoms with Crippen LogP contribution < -0.4 is 10.6 Å². The molecule has 0 saturated carbocycles. The quantitative estimate of drug-likeness (QED) is 0.839. The number of nitrogens with zero attached hydrogens (tertiary/aromatic N) is 1. The Morgan fingerprint density at radius 1 is 1.65 bits per heavy atom. The highest BCUT2D eigenvalue weighted by Gasteiger charge is 2.26. The summed E-state index contributed by atoms with van der Waals surface area (Å²) >= 11 is 1.51. The van der Waals surface area contributed by atoms with Gasteiger partial charge in [0.1, 0.15) is 5.01 Å². The Balaban J connectivity index is 1.86. The lowest BCUT2D eigenvalue weighted by Crippen LogP contribution is -2.47. The summed E-state index contributed by atoms with van der Waals surface area (Å²) in [4.78, 5) is 16.3. The van der Waals surface area contributed by atoms with E-state index in [2.05, 4.69) is 15.6 Å². The van der Waals surface area contributed by atoms with Gasteiger partial charge in [0.05, 0.1) is 17.5 Å². The van der Waals surface area contributed by atoms with Gasteiger partial charge >= 0.3 is 0 Å². The molecule has 20 heavy (non-hydrogen) atoms. The first-order chi connectivity index (χ1) is 9.35. The van der Waals surface area contributed by atoms with Gasteiger partial charge in [0, 0.05) is 30.1 Å². The molecule has 0 radical (unpaired) electrons. The van der Waals surface area contributed by atoms with Crippen LogP contribution >= 0.6 is 11.3 Å². The molecular formula is C12H19N3O3S2. The highest BCUT2D eigenvalue weighted by atomic mass is 32.2. The minimum absolute atomic E-state index is 0.0329. The second-order valence-corrected chi connectivity index (χ2v) is 8.20. The van der Waals surface area contributed by atoms with Gasteiger partial charge in [0.15, 0.2) is 9.84 Å². The molecule has 1 aliphatic rings. The van der Waals surface area contributed by atoms with Gasteiger partial charge in [-0.1, -0.05) is 0 Å². The number of hydrogen-bond donors (Lipinski definition) is 2. The maximum atomic E-state index is 11.9. The van der Waals surface area contributed by atoms with E-state index >= 15 is 0 Å². The van der Waals surface area contributed by atoms with Crippen molar-refractivity contribution >= 4 is 27.1 Å². The highest BCUT2D eigenvalue weighted by Crippen LogP contribution is 2.17. The van der Waals surface area contributed by atoms with Gasteiger partial charge in [-0.05, 0) is 13.8 Å². The van der Waals surface area contributed by atoms with Gasteiger partial charge in [0.2, 0.25) is 5.91 Å². The van der Waals surface area contributed by atoms with Crippen molar-refractivity contribution in [2.45, 2.75) is 32.4 Å². The molecule has 1 aliphatic heterocycles. The van der Waals surface area contributed by atoms with Crippen molar-refractivity contribution in [1.29, 1.82) is 0 Å². The molecule has 2 rings (SSSR count). The molecule has 112 valence electrons. The average Bonchev–Trinajstić information content (AvgIpc) is 2.74. The molecule has 0 aliphatic carbocycles. The van der Waals surface area contributed by atoms with E-state index in [1.165, 1.54) is 11.3 Å². The van der Waals surface area contributed by atoms with Crippen LogP contribution in [-0.4, -0.2) is 43.4 Å². The van der Waals surface area contributed by atoms with Crippen molar-refractivity contribution < 1.29 is 13.2 Å². The molecule has 1 aromatic rings. The number of thiazole rings is 1. The summed E-state index contributed by atoms with van der Waals surface area (Å²) in [5.41, 5.74) is 0.936. The number of aromatic nitrogens is 1. The number of hydrogen-bond acceptors (Lipinski definition) is 6. The lowest BCUT2D eigenvalue weighted by molar-refractivity contribution is -0.122. The lowest BCUT2D eigenvalue weighted by Gasteiger charge is -2.23. The predicted octanol–water partition coefficient (Wildman–Crippen LogP) is 0.405. The molecule has 1 fully saturated rings. The molecular weight excluding hydrogens is 298 g/mol. The number of carbonyl (C=O) groups excluding carboxylic acids is 1. The number of amides is 1. The van der Waals surface area contributed by atoms with Crippen LogP contribution in [0.15, 0.2) is 5.38 Å². The third-order valence-electron chi connectivity index (χ3n) is 3.12. The van der Waals surface area contributed by atoms with Crippen LogP contribution in [0.4, 0.5) is 0 Å². The van der Waals surface area contributed by atoms with E-state index in [0.29, 0.717) is 6.54 Å². The van der Waals surface area contributed by atoms with Crippen molar-refractivity contribution in [1.82, 2.24) is 15.6 Å². The third kappa shape index (κ3) is 4.26. The van der Waals surface area contributed by atoms with Gasteiger partial charge in [-0.15, -0.1) is 11.3 Å². The van der Waals surface area contributed by atoms with E-state index < -0.39 is 9.84 Å². The van der Waals surface area contributed by atoms with Crippen molar-refractivity contribution in [2.75, 3.05) is 18.1 Å². The first kappa shape index (κ1) is 15.4. The smallest absolute Gasteiger partial charge is 0.222 e. The van der Waals surface area contributed by atoms with Crippen molar-refractivity contribution in [3.05, 3.63) is 16.1 Å². The van der Waals surface area contributed by atoms with Crippen LogP contribution in [0.1, 0.15) is 30.1 Å². The standard InChI is InChI=1S/C12H19N3O3S2/c1-8-6-19-12(14-8)9(2)15-11(16)5-10-7-20(17,18)4-3-13-10/h6,9-10,13H,3-5,7H2,1-2H3,(H,15,16). The first-order valence-corrected chi connectivity index (χ1v) is 9.21. The van der Waals surface area contributed by atoms with E-state index in [1.807, 2.05) is 19.2 Å². The predicted molar refractivity (Wildman–Crippen MR) is 78.5 cm³/mol. The summed E-state index contributed by atoms with van der Waals surface area (Å²) in [5, 5.41) is 8.73. The Morgan fingerprint density at radius 3 is 3.00 bits per heavy atom. The Bertz CT molecular complexity index is 583. The van der Waals surface area contributed by atoms with Crippen LogP contribution in [0.3, 0.4) is 0 Å². The van der Waals surface area contributed by atoms with Crippen molar-refractivity contribution in [3.63, 3.8) is 0 Å². The van der Waals surface area contributed by atoms with Gasteiger partial charge in [0.25, 0.3) is 0 Å². The average molecular weight is 317 g/mol. The fourth-order valence-electron chi connectivity index (χ4n) is 2.16. The molecule has 2 heterocycles. The van der Waals surface area contributed by atoms with Crippen LogP contribution in [0.2, 0.25) is 0 Å². The zero-order chi connectivity index (χ0) is 14.8. The monoisotopic (exact) mass is 317 g/mol. The van der Waals surface area contributed by atoms with Gasteiger partial charge in [-0.3, -0.25) is 4.79 Å². The number of aryl methyl sites for hydroxylation is 1. The number of carbonyl (C=O) groups is 1. The van der Waals surface area contributed by atoms with Crippen LogP contribution in [0, 0.1) is 6.92 Å². The maximum absolute atomic E-state index is 11.9. The van der Waals surface area contributed by atoms with Crippen LogP contribution in [0.5, 0.6) is 0 Å². The largest absolute Gasteiger partial charge is 0.347 e. The second kappa shape index (κ2) is 6.19. The van der Waals surface area contributed by atoms with E-state index in [9.17, 15) is 13.2 Å². The van der Waals surface area contributed by atoms with Gasteiger partial charge < -0.3 is 10.6 Å². The Morgan fingerprint density at radius 2 is 2.40 bits per heavy atom. The molecule has 6 nitrogen and oxygen atoms in total. The summed E-state index contributed by atoms with van der Waals surface area (Å²) in [6.45, 7) is 4.20. The molecule has 1 amide bonds. The highest BCUT2D eigenvalue weighted by molar-refractivity contribution is 7.91. The molecule has 0 aromatic carbocycles. The maximum Gasteiger partial charge on any atom is 0.222 e. The topological polar surface area (TPSA) is 88.2 Å². The molecule has 2 N–H and O–H groups in total. The molecule has 0 bridgehead atoms. The second-order valence-electron chi connectivity index (χ2n) is 5.09. The van der Waals surface area contributed by atoms with Gasteiger partial charge in [-0.25, -0.2) is 13.4 Å². The normalized spacial score (nSPS) is 23.2. The number of nitrogens with one attached hydrogen (secondary N) is 2. The van der Waals surface area contributed by atoms with Crippen molar-refractivity contribution in [2.24, 2.45) is 0 Å². The molecule has 0 spiro atoms. The Hall–Kier alpha value is -0.990. The van der Waals surface area contributed by atoms with E-state index in [0.717, 1.165) is 10.7 Å². The zero-order valence-electron chi connectivity index (χ0n) is 11.5. The van der Waals surface area contributed by atoms with E-state index in [4.69, 9.17) is 0 Å². The van der Waals surface area contributed by atoms with E-state index in [1.54, 1.807) is 0 Å². The minimum Gasteiger partial charge on any atom is -0.347 e. The van der Waals surface area contributed by atoms with Crippen molar-refractivity contribution in [3.8, 4) is 0 Å².